The van der Waals surface area contributed by atoms with Crippen molar-refractivity contribution in [2.75, 3.05) is 0 Å². The van der Waals surface area contributed by atoms with Crippen LogP contribution in [0.15, 0.2) is 61.0 Å². The highest BCUT2D eigenvalue weighted by atomic mass is 15.1. The summed E-state index contributed by atoms with van der Waals surface area (Å²) in [5.74, 6) is 0. The Balaban J connectivity index is 0.000000686. The van der Waals surface area contributed by atoms with Crippen molar-refractivity contribution in [3.63, 3.8) is 0 Å². The third-order valence-corrected chi connectivity index (χ3v) is 2.51. The van der Waals surface area contributed by atoms with Crippen molar-refractivity contribution >= 4 is 0 Å². The van der Waals surface area contributed by atoms with Gasteiger partial charge in [-0.15, -0.1) is 0 Å². The molecule has 0 aliphatic carbocycles. The van der Waals surface area contributed by atoms with Crippen LogP contribution in [0.5, 0.6) is 0 Å². The topological polar surface area (TPSA) is 3.24 Å². The predicted molar refractivity (Wildman–Crippen MR) is 75.5 cm³/mol. The Labute approximate surface area is 105 Å². The maximum absolute atomic E-state index is 4.00. The van der Waals surface area contributed by atoms with E-state index in [-0.39, 0.29) is 0 Å². The zero-order valence-electron chi connectivity index (χ0n) is 11.0. The number of nitrogens with zero attached hydrogens (tertiary/aromatic N) is 1. The molecule has 0 fully saturated rings. The summed E-state index contributed by atoms with van der Waals surface area (Å²) in [5, 5.41) is 0. The lowest BCUT2D eigenvalue weighted by atomic mass is 10.1. The van der Waals surface area contributed by atoms with Gasteiger partial charge in [0.15, 0.2) is 0 Å². The van der Waals surface area contributed by atoms with Crippen LogP contribution in [0.3, 0.4) is 0 Å². The van der Waals surface area contributed by atoms with Gasteiger partial charge in [-0.2, -0.15) is 0 Å². The van der Waals surface area contributed by atoms with Crippen molar-refractivity contribution in [2.24, 2.45) is 0 Å². The fourth-order valence-electron chi connectivity index (χ4n) is 1.56. The van der Waals surface area contributed by atoms with Crippen LogP contribution in [0.4, 0.5) is 0 Å². The highest BCUT2D eigenvalue weighted by Gasteiger charge is 2.04. The van der Waals surface area contributed by atoms with Gasteiger partial charge in [0.05, 0.1) is 0 Å². The lowest BCUT2D eigenvalue weighted by Gasteiger charge is -2.22. The minimum atomic E-state index is 0.889. The molecule has 0 unspecified atom stereocenters. The molecule has 1 nitrogen and oxygen atoms in total. The first kappa shape index (κ1) is 13.3. The molecule has 0 amide bonds. The van der Waals surface area contributed by atoms with Crippen molar-refractivity contribution in [1.82, 2.24) is 4.90 Å². The summed E-state index contributed by atoms with van der Waals surface area (Å²) in [6.45, 7) is 11.0. The molecular weight excluding hydrogens is 206 g/mol. The van der Waals surface area contributed by atoms with Crippen molar-refractivity contribution < 1.29 is 0 Å². The molecule has 1 heterocycles. The molecule has 0 atom stereocenters. The number of allylic oxidation sites excluding steroid dienone is 3. The zero-order valence-corrected chi connectivity index (χ0v) is 11.0. The van der Waals surface area contributed by atoms with E-state index in [0.717, 1.165) is 12.2 Å². The molecule has 0 spiro atoms. The number of aryl methyl sites for hydroxylation is 1. The van der Waals surface area contributed by atoms with Crippen LogP contribution in [0.2, 0.25) is 0 Å². The molecule has 90 valence electrons. The van der Waals surface area contributed by atoms with Crippen LogP contribution in [-0.4, -0.2) is 4.90 Å². The number of hydrogen-bond acceptors (Lipinski definition) is 1. The second-order valence-electron chi connectivity index (χ2n) is 3.81. The zero-order chi connectivity index (χ0) is 12.7. The summed E-state index contributed by atoms with van der Waals surface area (Å²) in [4.78, 5) is 2.14. The van der Waals surface area contributed by atoms with Gasteiger partial charge in [-0.25, -0.2) is 0 Å². The van der Waals surface area contributed by atoms with E-state index in [1.54, 1.807) is 0 Å². The van der Waals surface area contributed by atoms with Crippen molar-refractivity contribution in [2.45, 2.75) is 27.3 Å². The van der Waals surface area contributed by atoms with Crippen LogP contribution in [0, 0.1) is 6.92 Å². The van der Waals surface area contributed by atoms with Gasteiger partial charge in [0.25, 0.3) is 0 Å². The predicted octanol–water partition coefficient (Wildman–Crippen LogP) is 4.42. The third kappa shape index (κ3) is 3.95. The Morgan fingerprint density at radius 1 is 1.06 bits per heavy atom. The van der Waals surface area contributed by atoms with E-state index in [1.165, 1.54) is 11.1 Å². The molecule has 17 heavy (non-hydrogen) atoms. The van der Waals surface area contributed by atoms with Gasteiger partial charge in [0.2, 0.25) is 0 Å². The van der Waals surface area contributed by atoms with E-state index in [0.29, 0.717) is 0 Å². The van der Waals surface area contributed by atoms with Crippen LogP contribution in [0.25, 0.3) is 0 Å². The van der Waals surface area contributed by atoms with Crippen LogP contribution < -0.4 is 0 Å². The highest BCUT2D eigenvalue weighted by molar-refractivity contribution is 5.28. The van der Waals surface area contributed by atoms with E-state index in [9.17, 15) is 0 Å². The van der Waals surface area contributed by atoms with Crippen LogP contribution >= 0.6 is 0 Å². The quantitative estimate of drug-likeness (QED) is 0.723. The minimum Gasteiger partial charge on any atom is -0.344 e. The maximum atomic E-state index is 4.00. The van der Waals surface area contributed by atoms with Crippen LogP contribution in [-0.2, 0) is 6.54 Å². The largest absolute Gasteiger partial charge is 0.344 e. The molecule has 1 aliphatic rings. The van der Waals surface area contributed by atoms with Crippen molar-refractivity contribution in [1.29, 1.82) is 0 Å². The van der Waals surface area contributed by atoms with E-state index in [1.807, 2.05) is 32.1 Å². The van der Waals surface area contributed by atoms with Gasteiger partial charge < -0.3 is 4.90 Å². The summed E-state index contributed by atoms with van der Waals surface area (Å²) in [6, 6.07) is 8.60. The smallest absolute Gasteiger partial charge is 0.0475 e. The van der Waals surface area contributed by atoms with Gasteiger partial charge in [-0.05, 0) is 24.6 Å². The maximum Gasteiger partial charge on any atom is 0.0475 e. The molecule has 0 saturated heterocycles. The van der Waals surface area contributed by atoms with Gasteiger partial charge in [-0.1, -0.05) is 56.3 Å². The van der Waals surface area contributed by atoms with E-state index >= 15 is 0 Å². The Hall–Kier alpha value is -1.76. The molecule has 1 aromatic carbocycles. The average molecular weight is 227 g/mol. The Morgan fingerprint density at radius 3 is 2.29 bits per heavy atom. The number of rotatable bonds is 2. The molecule has 0 radical (unpaired) electrons. The Morgan fingerprint density at radius 2 is 1.71 bits per heavy atom. The standard InChI is InChI=1S/C14H15N.C2H6/c1-12-6-8-14(9-7-12)11-15-10-4-3-5-13(15)2;1-2/h3-10H,2,11H2,1H3;1-2H3. The van der Waals surface area contributed by atoms with Gasteiger partial charge in [-0.3, -0.25) is 0 Å². The lowest BCUT2D eigenvalue weighted by Crippen LogP contribution is -2.15. The third-order valence-electron chi connectivity index (χ3n) is 2.51. The first-order chi connectivity index (χ1) is 8.25. The molecule has 1 heteroatoms. The highest BCUT2D eigenvalue weighted by Crippen LogP contribution is 2.15. The second kappa shape index (κ2) is 6.74. The molecule has 0 saturated carbocycles. The molecular formula is C16H21N. The summed E-state index contributed by atoms with van der Waals surface area (Å²) < 4.78 is 0. The molecule has 0 aromatic heterocycles. The van der Waals surface area contributed by atoms with E-state index in [2.05, 4.69) is 48.9 Å². The minimum absolute atomic E-state index is 0.889. The second-order valence-corrected chi connectivity index (χ2v) is 3.81. The lowest BCUT2D eigenvalue weighted by molar-refractivity contribution is 0.472. The Kier molecular flexibility index (Phi) is 5.28. The van der Waals surface area contributed by atoms with Crippen molar-refractivity contribution in [3.8, 4) is 0 Å². The molecule has 0 bridgehead atoms. The van der Waals surface area contributed by atoms with Crippen molar-refractivity contribution in [3.05, 3.63) is 72.1 Å². The monoisotopic (exact) mass is 227 g/mol. The molecule has 0 N–H and O–H groups in total. The first-order valence-corrected chi connectivity index (χ1v) is 6.12. The van der Waals surface area contributed by atoms with Crippen LogP contribution in [0.1, 0.15) is 25.0 Å². The Bertz CT molecular complexity index is 410. The number of hydrogen-bond donors (Lipinski definition) is 0. The molecule has 1 aromatic rings. The summed E-state index contributed by atoms with van der Waals surface area (Å²) in [7, 11) is 0. The summed E-state index contributed by atoms with van der Waals surface area (Å²) in [5.41, 5.74) is 3.64. The average Bonchev–Trinajstić information content (AvgIpc) is 2.37. The summed E-state index contributed by atoms with van der Waals surface area (Å²) in [6.07, 6.45) is 8.12. The van der Waals surface area contributed by atoms with E-state index < -0.39 is 0 Å². The summed E-state index contributed by atoms with van der Waals surface area (Å²) >= 11 is 0. The normalized spacial score (nSPS) is 13.4. The first-order valence-electron chi connectivity index (χ1n) is 6.12. The van der Waals surface area contributed by atoms with Gasteiger partial charge in [0, 0.05) is 18.4 Å². The number of benzene rings is 1. The van der Waals surface area contributed by atoms with Gasteiger partial charge in [0.1, 0.15) is 0 Å². The SMILES string of the molecule is C=C1C=CC=CN1Cc1ccc(C)cc1.CC. The van der Waals surface area contributed by atoms with Gasteiger partial charge >= 0.3 is 0 Å². The fraction of sp³-hybridized carbons (Fsp3) is 0.250. The fourth-order valence-corrected chi connectivity index (χ4v) is 1.56. The van der Waals surface area contributed by atoms with E-state index in [4.69, 9.17) is 0 Å². The molecule has 2 rings (SSSR count). The molecule has 1 aliphatic heterocycles.